The molecule has 0 bridgehead atoms. The molecule has 4 rings (SSSR count). The van der Waals surface area contributed by atoms with E-state index in [1.54, 1.807) is 6.92 Å². The molecule has 2 amide bonds. The molecule has 0 aliphatic carbocycles. The summed E-state index contributed by atoms with van der Waals surface area (Å²) in [4.78, 5) is 25.1. The Kier molecular flexibility index (Phi) is 5.26. The molecule has 7 nitrogen and oxygen atoms in total. The molecule has 3 aromatic rings. The molecule has 0 fully saturated rings. The van der Waals surface area contributed by atoms with E-state index >= 15 is 0 Å². The fourth-order valence-electron chi connectivity index (χ4n) is 3.45. The number of fused-ring (bicyclic) bond motifs is 1. The predicted octanol–water partition coefficient (Wildman–Crippen LogP) is 2.87. The van der Waals surface area contributed by atoms with Crippen LogP contribution in [0, 0.1) is 17.6 Å². The van der Waals surface area contributed by atoms with E-state index in [9.17, 15) is 18.4 Å². The van der Waals surface area contributed by atoms with Crippen molar-refractivity contribution in [2.75, 3.05) is 5.32 Å². The van der Waals surface area contributed by atoms with Crippen LogP contribution < -0.4 is 10.6 Å². The van der Waals surface area contributed by atoms with E-state index < -0.39 is 35.4 Å². The summed E-state index contributed by atoms with van der Waals surface area (Å²) in [6, 6.07) is 10.3. The molecule has 0 saturated heterocycles. The van der Waals surface area contributed by atoms with E-state index in [0.717, 1.165) is 5.56 Å². The highest BCUT2D eigenvalue weighted by atomic mass is 19.1. The van der Waals surface area contributed by atoms with Gasteiger partial charge in [0, 0.05) is 6.07 Å². The second-order valence-corrected chi connectivity index (χ2v) is 7.21. The standard InChI is InChI=1S/C21H18F2N4O3/c1-11-7-13-9-14(22)10-15(23)18(13)25-19(28)17(11)24-20(29)21-27-26-16(30-21)8-12-5-3-2-4-6-12/h2-6,9-11,17H,7-8H2,1H3,(H,24,29)(H,25,28)/t11-,17-/m1/s1. The van der Waals surface area contributed by atoms with Gasteiger partial charge >= 0.3 is 11.8 Å². The topological polar surface area (TPSA) is 97.1 Å². The van der Waals surface area contributed by atoms with Crippen LogP contribution in [0.3, 0.4) is 0 Å². The van der Waals surface area contributed by atoms with Crippen molar-refractivity contribution in [2.45, 2.75) is 25.8 Å². The van der Waals surface area contributed by atoms with Crippen molar-refractivity contribution >= 4 is 17.5 Å². The zero-order chi connectivity index (χ0) is 21.3. The maximum absolute atomic E-state index is 14.1. The van der Waals surface area contributed by atoms with Gasteiger partial charge in [-0.3, -0.25) is 9.59 Å². The molecule has 1 aliphatic heterocycles. The minimum absolute atomic E-state index is 0.0760. The number of carbonyl (C=O) groups excluding carboxylic acids is 2. The van der Waals surface area contributed by atoms with Gasteiger partial charge in [-0.05, 0) is 29.5 Å². The molecule has 154 valence electrons. The summed E-state index contributed by atoms with van der Waals surface area (Å²) in [7, 11) is 0. The number of hydrogen-bond acceptors (Lipinski definition) is 5. The molecular weight excluding hydrogens is 394 g/mol. The number of anilines is 1. The van der Waals surface area contributed by atoms with Crippen LogP contribution >= 0.6 is 0 Å². The average Bonchev–Trinajstić information content (AvgIpc) is 3.13. The van der Waals surface area contributed by atoms with Gasteiger partial charge in [0.15, 0.2) is 0 Å². The molecule has 1 aromatic heterocycles. The Morgan fingerprint density at radius 1 is 1.23 bits per heavy atom. The van der Waals surface area contributed by atoms with Gasteiger partial charge in [-0.1, -0.05) is 37.3 Å². The highest BCUT2D eigenvalue weighted by Crippen LogP contribution is 2.29. The van der Waals surface area contributed by atoms with Crippen molar-refractivity contribution in [3.8, 4) is 0 Å². The van der Waals surface area contributed by atoms with Crippen LogP contribution in [0.4, 0.5) is 14.5 Å². The number of benzene rings is 2. The van der Waals surface area contributed by atoms with Crippen molar-refractivity contribution < 1.29 is 22.8 Å². The van der Waals surface area contributed by atoms with Gasteiger partial charge in [0.2, 0.25) is 11.8 Å². The summed E-state index contributed by atoms with van der Waals surface area (Å²) in [5.74, 6) is -3.36. The van der Waals surface area contributed by atoms with Crippen LogP contribution in [0.1, 0.15) is 34.6 Å². The number of nitrogens with one attached hydrogen (secondary N) is 2. The number of amides is 2. The predicted molar refractivity (Wildman–Crippen MR) is 103 cm³/mol. The second kappa shape index (κ2) is 8.02. The summed E-state index contributed by atoms with van der Waals surface area (Å²) in [6.45, 7) is 1.71. The van der Waals surface area contributed by atoms with Crippen LogP contribution in [-0.2, 0) is 17.6 Å². The maximum Gasteiger partial charge on any atom is 0.309 e. The summed E-state index contributed by atoms with van der Waals surface area (Å²) in [5, 5.41) is 12.6. The molecule has 2 heterocycles. The first kappa shape index (κ1) is 19.7. The summed E-state index contributed by atoms with van der Waals surface area (Å²) in [6.07, 6.45) is 0.554. The first-order valence-electron chi connectivity index (χ1n) is 9.36. The lowest BCUT2D eigenvalue weighted by Crippen LogP contribution is -2.47. The monoisotopic (exact) mass is 412 g/mol. The van der Waals surface area contributed by atoms with Crippen LogP contribution in [0.5, 0.6) is 0 Å². The second-order valence-electron chi connectivity index (χ2n) is 7.21. The molecule has 0 radical (unpaired) electrons. The third-order valence-corrected chi connectivity index (χ3v) is 4.92. The van der Waals surface area contributed by atoms with Crippen molar-refractivity contribution in [1.82, 2.24) is 15.5 Å². The zero-order valence-electron chi connectivity index (χ0n) is 16.0. The lowest BCUT2D eigenvalue weighted by molar-refractivity contribution is -0.118. The highest BCUT2D eigenvalue weighted by Gasteiger charge is 2.33. The van der Waals surface area contributed by atoms with Gasteiger partial charge < -0.3 is 15.1 Å². The minimum atomic E-state index is -0.989. The molecule has 1 aliphatic rings. The number of carbonyl (C=O) groups is 2. The van der Waals surface area contributed by atoms with Crippen LogP contribution in [-0.4, -0.2) is 28.1 Å². The lowest BCUT2D eigenvalue weighted by atomic mass is 9.94. The number of hydrogen-bond donors (Lipinski definition) is 2. The van der Waals surface area contributed by atoms with Gasteiger partial charge in [0.05, 0.1) is 12.1 Å². The van der Waals surface area contributed by atoms with Crippen molar-refractivity contribution in [2.24, 2.45) is 5.92 Å². The van der Waals surface area contributed by atoms with Crippen LogP contribution in [0.15, 0.2) is 46.9 Å². The molecule has 0 spiro atoms. The Hall–Kier alpha value is -3.62. The normalized spacial score (nSPS) is 18.3. The summed E-state index contributed by atoms with van der Waals surface area (Å²) < 4.78 is 33.0. The number of halogens is 2. The van der Waals surface area contributed by atoms with E-state index in [2.05, 4.69) is 20.8 Å². The molecule has 9 heteroatoms. The quantitative estimate of drug-likeness (QED) is 0.687. The van der Waals surface area contributed by atoms with E-state index in [1.165, 1.54) is 6.07 Å². The summed E-state index contributed by atoms with van der Waals surface area (Å²) >= 11 is 0. The van der Waals surface area contributed by atoms with Gasteiger partial charge in [-0.2, -0.15) is 0 Å². The third-order valence-electron chi connectivity index (χ3n) is 4.92. The third kappa shape index (κ3) is 4.05. The Labute approximate surface area is 170 Å². The minimum Gasteiger partial charge on any atom is -0.417 e. The first-order chi connectivity index (χ1) is 14.4. The average molecular weight is 412 g/mol. The van der Waals surface area contributed by atoms with E-state index in [1.807, 2.05) is 30.3 Å². The fourth-order valence-corrected chi connectivity index (χ4v) is 3.45. The SMILES string of the molecule is C[C@@H]1Cc2cc(F)cc(F)c2NC(=O)[C@@H]1NC(=O)c1nnc(Cc2ccccc2)o1. The lowest BCUT2D eigenvalue weighted by Gasteiger charge is -2.20. The summed E-state index contributed by atoms with van der Waals surface area (Å²) in [5.41, 5.74) is 1.19. The number of rotatable bonds is 4. The van der Waals surface area contributed by atoms with E-state index in [-0.39, 0.29) is 23.9 Å². The van der Waals surface area contributed by atoms with Crippen LogP contribution in [0.25, 0.3) is 0 Å². The highest BCUT2D eigenvalue weighted by molar-refractivity contribution is 6.00. The Balaban J connectivity index is 1.48. The van der Waals surface area contributed by atoms with Gasteiger partial charge in [-0.25, -0.2) is 8.78 Å². The molecule has 2 aromatic carbocycles. The smallest absolute Gasteiger partial charge is 0.309 e. The molecule has 0 saturated carbocycles. The largest absolute Gasteiger partial charge is 0.417 e. The number of nitrogens with zero attached hydrogens (tertiary/aromatic N) is 2. The van der Waals surface area contributed by atoms with Crippen molar-refractivity contribution in [3.63, 3.8) is 0 Å². The fraction of sp³-hybridized carbons (Fsp3) is 0.238. The van der Waals surface area contributed by atoms with Crippen LogP contribution in [0.2, 0.25) is 0 Å². The van der Waals surface area contributed by atoms with E-state index in [4.69, 9.17) is 4.42 Å². The molecular formula is C21H18F2N4O3. The van der Waals surface area contributed by atoms with Gasteiger partial charge in [0.1, 0.15) is 17.7 Å². The van der Waals surface area contributed by atoms with Crippen molar-refractivity contribution in [1.29, 1.82) is 0 Å². The molecule has 30 heavy (non-hydrogen) atoms. The Morgan fingerprint density at radius 2 is 2.00 bits per heavy atom. The zero-order valence-corrected chi connectivity index (χ0v) is 16.0. The molecule has 2 N–H and O–H groups in total. The molecule has 2 atom stereocenters. The van der Waals surface area contributed by atoms with Crippen molar-refractivity contribution in [3.05, 3.63) is 77.0 Å². The maximum atomic E-state index is 14.1. The number of aromatic nitrogens is 2. The first-order valence-corrected chi connectivity index (χ1v) is 9.36. The van der Waals surface area contributed by atoms with E-state index in [0.29, 0.717) is 18.1 Å². The Morgan fingerprint density at radius 3 is 2.77 bits per heavy atom. The van der Waals surface area contributed by atoms with Gasteiger partial charge in [-0.15, -0.1) is 10.2 Å². The van der Waals surface area contributed by atoms with Gasteiger partial charge in [0.25, 0.3) is 0 Å². The molecule has 0 unspecified atom stereocenters. The Bertz CT molecular complexity index is 1100.